The molecule has 0 bridgehead atoms. The van der Waals surface area contributed by atoms with E-state index in [1.54, 1.807) is 5.01 Å². The van der Waals surface area contributed by atoms with Gasteiger partial charge in [0.1, 0.15) is 0 Å². The van der Waals surface area contributed by atoms with E-state index < -0.39 is 0 Å². The quantitative estimate of drug-likeness (QED) is 0.622. The molecule has 1 saturated heterocycles. The van der Waals surface area contributed by atoms with Gasteiger partial charge in [-0.15, -0.1) is 4.91 Å². The van der Waals surface area contributed by atoms with Crippen molar-refractivity contribution in [2.45, 2.75) is 32.7 Å². The fourth-order valence-corrected chi connectivity index (χ4v) is 1.74. The van der Waals surface area contributed by atoms with Crippen molar-refractivity contribution in [3.63, 3.8) is 0 Å². The highest BCUT2D eigenvalue weighted by Crippen LogP contribution is 2.10. The van der Waals surface area contributed by atoms with Gasteiger partial charge in [-0.2, -0.15) is 0 Å². The lowest BCUT2D eigenvalue weighted by Crippen LogP contribution is -2.50. The molecule has 1 aliphatic heterocycles. The maximum Gasteiger partial charge on any atom is 0.0546 e. The minimum Gasteiger partial charge on any atom is -0.297 e. The second-order valence-corrected chi connectivity index (χ2v) is 3.73. The summed E-state index contributed by atoms with van der Waals surface area (Å²) in [5.74, 6) is 0. The van der Waals surface area contributed by atoms with Gasteiger partial charge in [0.2, 0.25) is 0 Å². The summed E-state index contributed by atoms with van der Waals surface area (Å²) in [6.45, 7) is 8.07. The van der Waals surface area contributed by atoms with E-state index in [-0.39, 0.29) is 0 Å². The predicted octanol–water partition coefficient (Wildman–Crippen LogP) is 1.47. The average Bonchev–Trinajstić information content (AvgIpc) is 2.16. The third-order valence-electron chi connectivity index (χ3n) is 2.66. The molecule has 0 radical (unpaired) electrons. The van der Waals surface area contributed by atoms with Crippen LogP contribution >= 0.6 is 0 Å². The normalized spacial score (nSPS) is 24.8. The number of piperazine rings is 1. The molecule has 1 fully saturated rings. The number of unbranched alkanes of at least 4 members (excludes halogenated alkanes) is 1. The maximum atomic E-state index is 10.3. The van der Waals surface area contributed by atoms with E-state index in [4.69, 9.17) is 0 Å². The lowest BCUT2D eigenvalue weighted by atomic mass is 10.2. The number of nitroso groups, excluding NO2 is 1. The number of hydrogen-bond donors (Lipinski definition) is 0. The van der Waals surface area contributed by atoms with Crippen molar-refractivity contribution >= 4 is 0 Å². The Morgan fingerprint density at radius 1 is 1.46 bits per heavy atom. The lowest BCUT2D eigenvalue weighted by Gasteiger charge is -2.36. The summed E-state index contributed by atoms with van der Waals surface area (Å²) in [6, 6.07) is 0.470. The number of nitrogens with zero attached hydrogens (tertiary/aromatic N) is 3. The number of rotatable bonds is 4. The summed E-state index contributed by atoms with van der Waals surface area (Å²) in [7, 11) is 0. The molecule has 76 valence electrons. The Balaban J connectivity index is 2.30. The Labute approximate surface area is 79.8 Å². The molecule has 4 heteroatoms. The second-order valence-electron chi connectivity index (χ2n) is 3.73. The van der Waals surface area contributed by atoms with Crippen molar-refractivity contribution in [2.24, 2.45) is 5.29 Å². The molecule has 0 aromatic carbocycles. The largest absolute Gasteiger partial charge is 0.297 e. The molecular weight excluding hydrogens is 166 g/mol. The summed E-state index contributed by atoms with van der Waals surface area (Å²) >= 11 is 0. The molecule has 0 aliphatic carbocycles. The molecule has 1 heterocycles. The first-order valence-corrected chi connectivity index (χ1v) is 5.10. The van der Waals surface area contributed by atoms with Gasteiger partial charge in [0.15, 0.2) is 0 Å². The number of hydrogen-bond acceptors (Lipinski definition) is 3. The second kappa shape index (κ2) is 5.17. The molecule has 0 spiro atoms. The summed E-state index contributed by atoms with van der Waals surface area (Å²) in [5.41, 5.74) is 0. The van der Waals surface area contributed by atoms with Crippen LogP contribution in [-0.2, 0) is 0 Å². The van der Waals surface area contributed by atoms with Crippen LogP contribution in [0.4, 0.5) is 0 Å². The molecule has 0 amide bonds. The molecule has 0 aromatic heterocycles. The summed E-state index contributed by atoms with van der Waals surface area (Å²) < 4.78 is 0. The van der Waals surface area contributed by atoms with Gasteiger partial charge in [-0.3, -0.25) is 9.91 Å². The molecule has 0 N–H and O–H groups in total. The van der Waals surface area contributed by atoms with Crippen LogP contribution in [0.1, 0.15) is 26.7 Å². The van der Waals surface area contributed by atoms with Crippen LogP contribution in [0.5, 0.6) is 0 Å². The van der Waals surface area contributed by atoms with Crippen molar-refractivity contribution < 1.29 is 0 Å². The van der Waals surface area contributed by atoms with E-state index >= 15 is 0 Å². The van der Waals surface area contributed by atoms with Gasteiger partial charge in [-0.25, -0.2) is 0 Å². The molecule has 0 aromatic rings. The van der Waals surface area contributed by atoms with Crippen molar-refractivity contribution in [3.8, 4) is 0 Å². The van der Waals surface area contributed by atoms with Crippen LogP contribution < -0.4 is 0 Å². The van der Waals surface area contributed by atoms with Gasteiger partial charge in [0.25, 0.3) is 0 Å². The monoisotopic (exact) mass is 185 g/mol. The Kier molecular flexibility index (Phi) is 4.15. The van der Waals surface area contributed by atoms with Gasteiger partial charge in [0.05, 0.1) is 18.4 Å². The SMILES string of the molecule is CCCCN1CCN(N=O)CC1C. The molecule has 0 saturated carbocycles. The van der Waals surface area contributed by atoms with Gasteiger partial charge < -0.3 is 0 Å². The highest BCUT2D eigenvalue weighted by Gasteiger charge is 2.22. The first-order valence-electron chi connectivity index (χ1n) is 5.10. The van der Waals surface area contributed by atoms with Crippen LogP contribution in [-0.4, -0.2) is 42.1 Å². The third kappa shape index (κ3) is 2.95. The zero-order chi connectivity index (χ0) is 9.68. The Morgan fingerprint density at radius 2 is 2.23 bits per heavy atom. The minimum atomic E-state index is 0.470. The average molecular weight is 185 g/mol. The lowest BCUT2D eigenvalue weighted by molar-refractivity contribution is 0.0835. The summed E-state index contributed by atoms with van der Waals surface area (Å²) in [4.78, 5) is 12.7. The summed E-state index contributed by atoms with van der Waals surface area (Å²) in [6.07, 6.45) is 2.48. The van der Waals surface area contributed by atoms with Gasteiger partial charge in [0, 0.05) is 12.6 Å². The van der Waals surface area contributed by atoms with Gasteiger partial charge >= 0.3 is 0 Å². The van der Waals surface area contributed by atoms with E-state index in [1.807, 2.05) is 0 Å². The van der Waals surface area contributed by atoms with Crippen molar-refractivity contribution in [1.29, 1.82) is 0 Å². The molecule has 1 atom stereocenters. The van der Waals surface area contributed by atoms with Crippen LogP contribution in [0.15, 0.2) is 5.29 Å². The zero-order valence-corrected chi connectivity index (χ0v) is 8.57. The van der Waals surface area contributed by atoms with Crippen molar-refractivity contribution in [1.82, 2.24) is 9.91 Å². The van der Waals surface area contributed by atoms with Gasteiger partial charge in [-0.1, -0.05) is 13.3 Å². The standard InChI is InChI=1S/C9H19N3O/c1-3-4-5-11-6-7-12(10-13)8-9(11)2/h9H,3-8H2,1-2H3. The van der Waals surface area contributed by atoms with E-state index in [9.17, 15) is 4.91 Å². The molecule has 1 aliphatic rings. The van der Waals surface area contributed by atoms with Crippen LogP contribution in [0.3, 0.4) is 0 Å². The topological polar surface area (TPSA) is 35.9 Å². The zero-order valence-electron chi connectivity index (χ0n) is 8.57. The van der Waals surface area contributed by atoms with Crippen LogP contribution in [0.25, 0.3) is 0 Å². The first-order chi connectivity index (χ1) is 6.27. The Bertz CT molecular complexity index is 163. The van der Waals surface area contributed by atoms with Crippen molar-refractivity contribution in [2.75, 3.05) is 26.2 Å². The van der Waals surface area contributed by atoms with Crippen molar-refractivity contribution in [3.05, 3.63) is 4.91 Å². The maximum absolute atomic E-state index is 10.3. The smallest absolute Gasteiger partial charge is 0.0546 e. The molecular formula is C9H19N3O. The Morgan fingerprint density at radius 3 is 2.77 bits per heavy atom. The van der Waals surface area contributed by atoms with E-state index in [2.05, 4.69) is 24.0 Å². The summed E-state index contributed by atoms with van der Waals surface area (Å²) in [5, 5.41) is 4.59. The fourth-order valence-electron chi connectivity index (χ4n) is 1.74. The van der Waals surface area contributed by atoms with E-state index in [0.717, 1.165) is 26.2 Å². The molecule has 1 unspecified atom stereocenters. The van der Waals surface area contributed by atoms with Crippen LogP contribution in [0.2, 0.25) is 0 Å². The third-order valence-corrected chi connectivity index (χ3v) is 2.66. The predicted molar refractivity (Wildman–Crippen MR) is 53.3 cm³/mol. The fraction of sp³-hybridized carbons (Fsp3) is 1.00. The Hall–Kier alpha value is -0.640. The molecule has 4 nitrogen and oxygen atoms in total. The van der Waals surface area contributed by atoms with E-state index in [1.165, 1.54) is 12.8 Å². The minimum absolute atomic E-state index is 0.470. The van der Waals surface area contributed by atoms with Crippen LogP contribution in [0, 0.1) is 4.91 Å². The van der Waals surface area contributed by atoms with E-state index in [0.29, 0.717) is 6.04 Å². The van der Waals surface area contributed by atoms with Gasteiger partial charge in [-0.05, 0) is 19.9 Å². The highest BCUT2D eigenvalue weighted by atomic mass is 16.3. The molecule has 1 rings (SSSR count). The first kappa shape index (κ1) is 10.4. The molecule has 13 heavy (non-hydrogen) atoms. The highest BCUT2D eigenvalue weighted by molar-refractivity contribution is 4.76.